The monoisotopic (exact) mass is 252 g/mol. The van der Waals surface area contributed by atoms with E-state index in [-0.39, 0.29) is 17.9 Å². The fraction of sp³-hybridized carbons (Fsp3) is 0.846. The van der Waals surface area contributed by atoms with Crippen LogP contribution in [0.4, 0.5) is 0 Å². The van der Waals surface area contributed by atoms with Gasteiger partial charge < -0.3 is 10.0 Å². The lowest BCUT2D eigenvalue weighted by Gasteiger charge is -2.25. The molecule has 0 saturated carbocycles. The second-order valence-corrected chi connectivity index (χ2v) is 5.74. The molecule has 0 spiro atoms. The Labute approximate surface area is 107 Å². The molecule has 2 bridgehead atoms. The average molecular weight is 252 g/mol. The summed E-state index contributed by atoms with van der Waals surface area (Å²) in [6, 6.07) is 0.418. The van der Waals surface area contributed by atoms with Crippen molar-refractivity contribution in [3.8, 4) is 0 Å². The van der Waals surface area contributed by atoms with Crippen molar-refractivity contribution in [1.29, 1.82) is 0 Å². The van der Waals surface area contributed by atoms with Crippen LogP contribution >= 0.6 is 0 Å². The number of nitrogens with zero attached hydrogens (tertiary/aromatic N) is 2. The van der Waals surface area contributed by atoms with E-state index in [1.165, 1.54) is 0 Å². The zero-order chi connectivity index (χ0) is 12.7. The van der Waals surface area contributed by atoms with Crippen LogP contribution in [0.25, 0.3) is 0 Å². The molecule has 0 radical (unpaired) electrons. The molecule has 3 unspecified atom stereocenters. The van der Waals surface area contributed by atoms with Crippen molar-refractivity contribution < 1.29 is 14.7 Å². The van der Waals surface area contributed by atoms with Gasteiger partial charge in [0.25, 0.3) is 0 Å². The van der Waals surface area contributed by atoms with E-state index in [2.05, 4.69) is 4.90 Å². The van der Waals surface area contributed by atoms with Crippen molar-refractivity contribution in [2.75, 3.05) is 19.6 Å². The molecule has 5 nitrogen and oxygen atoms in total. The van der Waals surface area contributed by atoms with Gasteiger partial charge in [0.05, 0.1) is 12.5 Å². The number of aliphatic carboxylic acids is 1. The molecule has 1 N–H and O–H groups in total. The van der Waals surface area contributed by atoms with Crippen LogP contribution in [0.15, 0.2) is 0 Å². The molecule has 3 rings (SSSR count). The lowest BCUT2D eigenvalue weighted by molar-refractivity contribution is -0.143. The zero-order valence-electron chi connectivity index (χ0n) is 10.5. The second kappa shape index (κ2) is 4.53. The number of carbonyl (C=O) groups excluding carboxylic acids is 1. The van der Waals surface area contributed by atoms with Gasteiger partial charge in [-0.1, -0.05) is 0 Å². The number of amides is 1. The number of rotatable bonds is 3. The standard InChI is InChI=1S/C13H20N2O3/c16-12(14-5-1-2-6-14)8-15-9-3-4-11(15)10(7-9)13(17)18/h9-11H,1-8H2,(H,17,18). The predicted octanol–water partition coefficient (Wildman–Crippen LogP) is 0.546. The third-order valence-electron chi connectivity index (χ3n) is 4.77. The van der Waals surface area contributed by atoms with Gasteiger partial charge in [0, 0.05) is 25.2 Å². The summed E-state index contributed by atoms with van der Waals surface area (Å²) in [5.74, 6) is -0.758. The highest BCUT2D eigenvalue weighted by Gasteiger charge is 2.49. The summed E-state index contributed by atoms with van der Waals surface area (Å²) in [4.78, 5) is 27.4. The number of likely N-dealkylation sites (tertiary alicyclic amines) is 1. The maximum atomic E-state index is 12.1. The predicted molar refractivity (Wildman–Crippen MR) is 65.1 cm³/mol. The molecule has 3 heterocycles. The lowest BCUT2D eigenvalue weighted by atomic mass is 9.89. The van der Waals surface area contributed by atoms with Gasteiger partial charge >= 0.3 is 5.97 Å². The summed E-state index contributed by atoms with van der Waals surface area (Å²) in [6.07, 6.45) is 4.94. The summed E-state index contributed by atoms with van der Waals surface area (Å²) in [5, 5.41) is 9.18. The number of hydrogen-bond donors (Lipinski definition) is 1. The molecular weight excluding hydrogens is 232 g/mol. The lowest BCUT2D eigenvalue weighted by Crippen LogP contribution is -2.42. The zero-order valence-corrected chi connectivity index (χ0v) is 10.5. The minimum atomic E-state index is -0.694. The molecular formula is C13H20N2O3. The van der Waals surface area contributed by atoms with E-state index in [1.807, 2.05) is 4.90 Å². The van der Waals surface area contributed by atoms with E-state index < -0.39 is 5.97 Å². The van der Waals surface area contributed by atoms with E-state index in [0.29, 0.717) is 12.6 Å². The van der Waals surface area contributed by atoms with Crippen LogP contribution in [0.3, 0.4) is 0 Å². The van der Waals surface area contributed by atoms with Crippen LogP contribution in [-0.2, 0) is 9.59 Å². The Morgan fingerprint density at radius 2 is 1.89 bits per heavy atom. The molecule has 1 amide bonds. The van der Waals surface area contributed by atoms with Gasteiger partial charge in [0.1, 0.15) is 0 Å². The largest absolute Gasteiger partial charge is 0.481 e. The first kappa shape index (κ1) is 12.0. The third kappa shape index (κ3) is 1.90. The number of carboxylic acid groups (broad SMARTS) is 1. The molecule has 18 heavy (non-hydrogen) atoms. The molecule has 3 aliphatic heterocycles. The Bertz CT molecular complexity index is 365. The van der Waals surface area contributed by atoms with E-state index in [1.54, 1.807) is 0 Å². The van der Waals surface area contributed by atoms with Crippen LogP contribution in [0.5, 0.6) is 0 Å². The molecule has 0 aromatic heterocycles. The maximum Gasteiger partial charge on any atom is 0.308 e. The highest BCUT2D eigenvalue weighted by molar-refractivity contribution is 5.79. The fourth-order valence-corrected chi connectivity index (χ4v) is 3.84. The normalized spacial score (nSPS) is 35.3. The minimum absolute atomic E-state index is 0.0963. The summed E-state index contributed by atoms with van der Waals surface area (Å²) >= 11 is 0. The summed E-state index contributed by atoms with van der Waals surface area (Å²) in [6.45, 7) is 2.19. The first-order valence-corrected chi connectivity index (χ1v) is 6.93. The van der Waals surface area contributed by atoms with E-state index in [0.717, 1.165) is 45.2 Å². The van der Waals surface area contributed by atoms with Crippen LogP contribution in [-0.4, -0.2) is 58.5 Å². The topological polar surface area (TPSA) is 60.9 Å². The Kier molecular flexibility index (Phi) is 3.01. The van der Waals surface area contributed by atoms with Crippen molar-refractivity contribution >= 4 is 11.9 Å². The number of carbonyl (C=O) groups is 2. The van der Waals surface area contributed by atoms with Crippen molar-refractivity contribution in [3.05, 3.63) is 0 Å². The summed E-state index contributed by atoms with van der Waals surface area (Å²) in [7, 11) is 0. The Hall–Kier alpha value is -1.10. The quantitative estimate of drug-likeness (QED) is 0.796. The van der Waals surface area contributed by atoms with Crippen molar-refractivity contribution in [2.24, 2.45) is 5.92 Å². The fourth-order valence-electron chi connectivity index (χ4n) is 3.84. The van der Waals surface area contributed by atoms with Crippen LogP contribution in [0.1, 0.15) is 32.1 Å². The van der Waals surface area contributed by atoms with Gasteiger partial charge in [0.2, 0.25) is 5.91 Å². The Morgan fingerprint density at radius 3 is 2.50 bits per heavy atom. The maximum absolute atomic E-state index is 12.1. The van der Waals surface area contributed by atoms with Crippen LogP contribution in [0.2, 0.25) is 0 Å². The molecule has 3 atom stereocenters. The first-order valence-electron chi connectivity index (χ1n) is 6.93. The highest BCUT2D eigenvalue weighted by Crippen LogP contribution is 2.41. The molecule has 3 saturated heterocycles. The van der Waals surface area contributed by atoms with Crippen LogP contribution < -0.4 is 0 Å². The smallest absolute Gasteiger partial charge is 0.308 e. The average Bonchev–Trinajstić information content (AvgIpc) is 3.04. The minimum Gasteiger partial charge on any atom is -0.481 e. The molecule has 3 fully saturated rings. The van der Waals surface area contributed by atoms with Crippen molar-refractivity contribution in [2.45, 2.75) is 44.2 Å². The van der Waals surface area contributed by atoms with Crippen LogP contribution in [0, 0.1) is 5.92 Å². The van der Waals surface area contributed by atoms with Crippen molar-refractivity contribution in [3.63, 3.8) is 0 Å². The van der Waals surface area contributed by atoms with E-state index in [4.69, 9.17) is 0 Å². The van der Waals surface area contributed by atoms with Gasteiger partial charge in [-0.15, -0.1) is 0 Å². The number of hydrogen-bond acceptors (Lipinski definition) is 3. The number of fused-ring (bicyclic) bond motifs is 2. The van der Waals surface area contributed by atoms with Gasteiger partial charge in [-0.25, -0.2) is 0 Å². The first-order chi connectivity index (χ1) is 8.66. The third-order valence-corrected chi connectivity index (χ3v) is 4.77. The SMILES string of the molecule is O=C(O)C1CC2CCC1N2CC(=O)N1CCCC1. The van der Waals surface area contributed by atoms with E-state index in [9.17, 15) is 14.7 Å². The van der Waals surface area contributed by atoms with E-state index >= 15 is 0 Å². The molecule has 0 aromatic rings. The Morgan fingerprint density at radius 1 is 1.17 bits per heavy atom. The van der Waals surface area contributed by atoms with Gasteiger partial charge in [-0.3, -0.25) is 14.5 Å². The summed E-state index contributed by atoms with van der Waals surface area (Å²) < 4.78 is 0. The number of carboxylic acids is 1. The van der Waals surface area contributed by atoms with Gasteiger partial charge in [-0.2, -0.15) is 0 Å². The second-order valence-electron chi connectivity index (χ2n) is 5.74. The van der Waals surface area contributed by atoms with Crippen molar-refractivity contribution in [1.82, 2.24) is 9.80 Å². The molecule has 3 aliphatic rings. The van der Waals surface area contributed by atoms with Gasteiger partial charge in [-0.05, 0) is 32.1 Å². The Balaban J connectivity index is 1.63. The molecule has 0 aliphatic carbocycles. The van der Waals surface area contributed by atoms with Gasteiger partial charge in [0.15, 0.2) is 0 Å². The molecule has 0 aromatic carbocycles. The molecule has 100 valence electrons. The summed E-state index contributed by atoms with van der Waals surface area (Å²) in [5.41, 5.74) is 0. The highest BCUT2D eigenvalue weighted by atomic mass is 16.4. The molecule has 5 heteroatoms.